The number of hydrogen-bond donors (Lipinski definition) is 4. The minimum absolute atomic E-state index is 0.0378. The van der Waals surface area contributed by atoms with Crippen molar-refractivity contribution in [3.63, 3.8) is 0 Å². The van der Waals surface area contributed by atoms with Crippen molar-refractivity contribution in [3.8, 4) is 33.8 Å². The van der Waals surface area contributed by atoms with Gasteiger partial charge in [-0.3, -0.25) is 24.1 Å². The number of alkyl halides is 3. The van der Waals surface area contributed by atoms with Crippen molar-refractivity contribution < 1.29 is 51.7 Å². The highest BCUT2D eigenvalue weighted by molar-refractivity contribution is 7.81. The summed E-state index contributed by atoms with van der Waals surface area (Å²) in [5.41, 5.74) is 0.0812. The summed E-state index contributed by atoms with van der Waals surface area (Å²) in [6.07, 6.45) is -3.41. The molecule has 2 aromatic heterocycles. The summed E-state index contributed by atoms with van der Waals surface area (Å²) in [5, 5.41) is 25.5. The van der Waals surface area contributed by atoms with Gasteiger partial charge in [0.15, 0.2) is 11.2 Å². The van der Waals surface area contributed by atoms with Crippen molar-refractivity contribution in [3.05, 3.63) is 113 Å². The van der Waals surface area contributed by atoms with E-state index in [0.29, 0.717) is 42.4 Å². The summed E-state index contributed by atoms with van der Waals surface area (Å²) in [6, 6.07) is 21.9. The molecular formula is C52H57F3N8O8S2. The van der Waals surface area contributed by atoms with Crippen LogP contribution in [-0.2, 0) is 36.6 Å². The van der Waals surface area contributed by atoms with Crippen LogP contribution in [0.2, 0.25) is 0 Å². The SMILES string of the molecule is Cc1ncsc1-c1ccc(CNC(=O)[C@@H]2C[C@@H](O)CN2C(=O)[C@@H](NC(=O)COCCCCOc2ccc(Oc3ccc(N4C(S)N(c5cnc(C#N)c(C(F)(F)F)c5)C(=O)C4(C)C)cc3)cc2)C(C)(C)C)cc1. The van der Waals surface area contributed by atoms with Crippen molar-refractivity contribution in [2.45, 2.75) is 103 Å². The van der Waals surface area contributed by atoms with Gasteiger partial charge in [-0.15, -0.1) is 24.0 Å². The van der Waals surface area contributed by atoms with Crippen LogP contribution >= 0.6 is 24.0 Å². The number of rotatable bonds is 18. The number of carbonyl (C=O) groups excluding carboxylic acids is 4. The summed E-state index contributed by atoms with van der Waals surface area (Å²) in [6.45, 7) is 11.2. The fourth-order valence-electron chi connectivity index (χ4n) is 8.56. The number of hydrogen-bond acceptors (Lipinski definition) is 14. The van der Waals surface area contributed by atoms with Gasteiger partial charge in [0, 0.05) is 31.8 Å². The highest BCUT2D eigenvalue weighted by Gasteiger charge is 2.52. The molecule has 0 radical (unpaired) electrons. The lowest BCUT2D eigenvalue weighted by Crippen LogP contribution is -2.58. The van der Waals surface area contributed by atoms with Crippen molar-refractivity contribution in [1.82, 2.24) is 25.5 Å². The number of ether oxygens (including phenoxy) is 3. The van der Waals surface area contributed by atoms with Crippen molar-refractivity contribution in [1.29, 1.82) is 5.26 Å². The van der Waals surface area contributed by atoms with Crippen LogP contribution in [0, 0.1) is 23.7 Å². The van der Waals surface area contributed by atoms with E-state index in [1.54, 1.807) is 84.1 Å². The molecule has 2 aliphatic rings. The van der Waals surface area contributed by atoms with E-state index in [9.17, 15) is 37.5 Å². The number of nitriles is 1. The number of nitrogens with one attached hydrogen (secondary N) is 2. The number of benzene rings is 3. The number of β-amino-alcohol motifs (C(OH)–C–C–N with tert-alkyl or cyclic N) is 1. The van der Waals surface area contributed by atoms with Gasteiger partial charge in [0.25, 0.3) is 5.91 Å². The number of aryl methyl sites for hydroxylation is 1. The van der Waals surface area contributed by atoms with Crippen LogP contribution in [0.3, 0.4) is 0 Å². The predicted octanol–water partition coefficient (Wildman–Crippen LogP) is 8.03. The zero-order valence-electron chi connectivity index (χ0n) is 41.1. The molecule has 7 rings (SSSR count). The Morgan fingerprint density at radius 2 is 1.60 bits per heavy atom. The molecule has 0 spiro atoms. The molecule has 4 atom stereocenters. The van der Waals surface area contributed by atoms with E-state index in [1.165, 1.54) is 11.0 Å². The Balaban J connectivity index is 0.824. The molecular weight excluding hydrogens is 986 g/mol. The van der Waals surface area contributed by atoms with Crippen molar-refractivity contribution in [2.75, 3.05) is 36.2 Å². The second-order valence-electron chi connectivity index (χ2n) is 19.3. The monoisotopic (exact) mass is 1040 g/mol. The fourth-order valence-corrected chi connectivity index (χ4v) is 10.0. The molecule has 2 saturated heterocycles. The molecule has 16 nitrogen and oxygen atoms in total. The maximum Gasteiger partial charge on any atom is 0.419 e. The number of halogens is 3. The number of aromatic nitrogens is 2. The van der Waals surface area contributed by atoms with Gasteiger partial charge in [-0.25, -0.2) is 9.97 Å². The molecule has 4 amide bonds. The van der Waals surface area contributed by atoms with E-state index in [1.807, 2.05) is 52.0 Å². The van der Waals surface area contributed by atoms with Crippen LogP contribution in [0.4, 0.5) is 24.5 Å². The van der Waals surface area contributed by atoms with Gasteiger partial charge < -0.3 is 39.8 Å². The number of thiazole rings is 1. The molecule has 2 fully saturated rings. The van der Waals surface area contributed by atoms with Gasteiger partial charge in [0.05, 0.1) is 46.2 Å². The zero-order valence-corrected chi connectivity index (χ0v) is 42.8. The number of amides is 4. The third-order valence-electron chi connectivity index (χ3n) is 12.4. The minimum atomic E-state index is -4.86. The van der Waals surface area contributed by atoms with Gasteiger partial charge in [-0.1, -0.05) is 45.0 Å². The van der Waals surface area contributed by atoms with Crippen LogP contribution in [0.25, 0.3) is 10.4 Å². The first-order valence-electron chi connectivity index (χ1n) is 23.5. The number of anilines is 2. The van der Waals surface area contributed by atoms with Crippen LogP contribution < -0.4 is 29.9 Å². The standard InChI is InChI=1S/C52H57F3N8O8S2/c1-31-44(73-30-59-31)33-11-9-32(10-12-33)26-58-46(66)42-24-36(64)28-61(42)47(67)45(50(2,3)4)60-43(65)29-69-21-7-8-22-70-37-17-19-39(20-18-37)71-38-15-13-34(14-16-38)63-49(72)62(48(68)51(63,5)6)35-23-40(52(53,54)55)41(25-56)57-27-35/h9-20,23,27,30,36,42,45,49,64,72H,7-8,21-22,24,26,28-29H2,1-6H3,(H,58,66)(H,60,65)/t36-,42+,45-,49?/m1/s1. The zero-order chi connectivity index (χ0) is 52.8. The Morgan fingerprint density at radius 1 is 0.959 bits per heavy atom. The lowest BCUT2D eigenvalue weighted by Gasteiger charge is -2.35. The largest absolute Gasteiger partial charge is 0.494 e. The molecule has 5 aromatic rings. The Hall–Kier alpha value is -6.73. The summed E-state index contributed by atoms with van der Waals surface area (Å²) in [5.74, 6) is -0.257. The maximum atomic E-state index is 14.0. The Bertz CT molecular complexity index is 2820. The van der Waals surface area contributed by atoms with Gasteiger partial charge in [0.1, 0.15) is 47.5 Å². The Morgan fingerprint density at radius 3 is 2.22 bits per heavy atom. The molecule has 21 heteroatoms. The summed E-state index contributed by atoms with van der Waals surface area (Å²) < 4.78 is 58.7. The minimum Gasteiger partial charge on any atom is -0.494 e. The van der Waals surface area contributed by atoms with E-state index in [2.05, 4.69) is 33.2 Å². The normalized spacial score (nSPS) is 18.1. The molecule has 4 heterocycles. The number of carbonyl (C=O) groups is 4. The first-order chi connectivity index (χ1) is 34.6. The van der Waals surface area contributed by atoms with Crippen LogP contribution in [0.5, 0.6) is 17.2 Å². The molecule has 2 aliphatic heterocycles. The van der Waals surface area contributed by atoms with E-state index < -0.39 is 75.7 Å². The Labute approximate surface area is 430 Å². The molecule has 3 aromatic carbocycles. The van der Waals surface area contributed by atoms with Gasteiger partial charge >= 0.3 is 6.18 Å². The second kappa shape index (κ2) is 22.6. The van der Waals surface area contributed by atoms with Gasteiger partial charge in [-0.2, -0.15) is 18.4 Å². The molecule has 73 heavy (non-hydrogen) atoms. The van der Waals surface area contributed by atoms with E-state index in [-0.39, 0.29) is 38.4 Å². The third kappa shape index (κ3) is 12.7. The number of pyridine rings is 1. The average molecular weight is 1040 g/mol. The lowest BCUT2D eigenvalue weighted by molar-refractivity contribution is -0.144. The maximum absolute atomic E-state index is 14.0. The van der Waals surface area contributed by atoms with Crippen molar-refractivity contribution in [2.24, 2.45) is 5.41 Å². The molecule has 1 unspecified atom stereocenters. The quantitative estimate of drug-likeness (QED) is 0.0488. The number of nitrogens with zero attached hydrogens (tertiary/aromatic N) is 6. The molecule has 386 valence electrons. The number of thiol groups is 1. The van der Waals surface area contributed by atoms with Crippen LogP contribution in [0.15, 0.2) is 90.6 Å². The highest BCUT2D eigenvalue weighted by Crippen LogP contribution is 2.42. The Kier molecular flexibility index (Phi) is 16.7. The van der Waals surface area contributed by atoms with Gasteiger partial charge in [0.2, 0.25) is 17.7 Å². The van der Waals surface area contributed by atoms with Gasteiger partial charge in [-0.05, 0) is 105 Å². The number of aliphatic hydroxyl groups excluding tert-OH is 1. The molecule has 0 saturated carbocycles. The topological polar surface area (TPSA) is 200 Å². The summed E-state index contributed by atoms with van der Waals surface area (Å²) >= 11 is 6.19. The number of likely N-dealkylation sites (tertiary alicyclic amines) is 1. The first kappa shape index (κ1) is 54.1. The molecule has 0 aliphatic carbocycles. The molecule has 0 bridgehead atoms. The second-order valence-corrected chi connectivity index (χ2v) is 20.6. The summed E-state index contributed by atoms with van der Waals surface area (Å²) in [7, 11) is 0. The van der Waals surface area contributed by atoms with E-state index >= 15 is 0 Å². The smallest absolute Gasteiger partial charge is 0.419 e. The van der Waals surface area contributed by atoms with Crippen LogP contribution in [-0.4, -0.2) is 99.2 Å². The first-order valence-corrected chi connectivity index (χ1v) is 24.9. The highest BCUT2D eigenvalue weighted by atomic mass is 32.1. The average Bonchev–Trinajstić information content (AvgIpc) is 4.01. The molecule has 3 N–H and O–H groups in total. The fraction of sp³-hybridized carbons (Fsp3) is 0.404. The van der Waals surface area contributed by atoms with E-state index in [0.717, 1.165) is 38.9 Å². The number of aliphatic hydroxyl groups is 1. The predicted molar refractivity (Wildman–Crippen MR) is 271 cm³/mol. The van der Waals surface area contributed by atoms with Crippen LogP contribution in [0.1, 0.15) is 76.4 Å². The lowest BCUT2D eigenvalue weighted by atomic mass is 9.85. The van der Waals surface area contributed by atoms with Crippen molar-refractivity contribution >= 4 is 59.0 Å². The van der Waals surface area contributed by atoms with E-state index in [4.69, 9.17) is 19.5 Å². The third-order valence-corrected chi connectivity index (χ3v) is 13.9. The summed E-state index contributed by atoms with van der Waals surface area (Å²) in [4.78, 5) is 67.3. The number of unbranched alkanes of at least 4 members (excludes halogenated alkanes) is 1.